The lowest BCUT2D eigenvalue weighted by Crippen LogP contribution is -2.51. The van der Waals surface area contributed by atoms with E-state index in [1.807, 2.05) is 60.4 Å². The molecule has 4 rings (SSSR count). The van der Waals surface area contributed by atoms with E-state index in [1.165, 1.54) is 0 Å². The molecule has 0 aliphatic carbocycles. The first-order valence-electron chi connectivity index (χ1n) is 13.7. The predicted octanol–water partition coefficient (Wildman–Crippen LogP) is 3.25. The molecule has 8 heteroatoms. The molecule has 206 valence electrons. The molecule has 2 fully saturated rings. The Morgan fingerprint density at radius 2 is 1.66 bits per heavy atom. The zero-order valence-corrected chi connectivity index (χ0v) is 22.7. The lowest BCUT2D eigenvalue weighted by molar-refractivity contribution is -0.133. The van der Waals surface area contributed by atoms with E-state index in [4.69, 9.17) is 9.47 Å². The van der Waals surface area contributed by atoms with Gasteiger partial charge in [0, 0.05) is 52.6 Å². The molecule has 2 saturated heterocycles. The van der Waals surface area contributed by atoms with Crippen LogP contribution in [-0.2, 0) is 16.1 Å². The molecule has 0 unspecified atom stereocenters. The molecule has 0 spiro atoms. The molecule has 0 aromatic heterocycles. The van der Waals surface area contributed by atoms with Crippen LogP contribution in [0.2, 0.25) is 0 Å². The molecule has 2 aromatic carbocycles. The van der Waals surface area contributed by atoms with Gasteiger partial charge in [-0.2, -0.15) is 0 Å². The quantitative estimate of drug-likeness (QED) is 0.482. The molecule has 0 radical (unpaired) electrons. The van der Waals surface area contributed by atoms with Gasteiger partial charge in [-0.05, 0) is 56.0 Å². The Morgan fingerprint density at radius 1 is 0.947 bits per heavy atom. The van der Waals surface area contributed by atoms with Crippen molar-refractivity contribution in [2.24, 2.45) is 0 Å². The first-order chi connectivity index (χ1) is 18.3. The first kappa shape index (κ1) is 27.9. The maximum absolute atomic E-state index is 12.2. The van der Waals surface area contributed by atoms with Crippen molar-refractivity contribution < 1.29 is 24.2 Å². The largest absolute Gasteiger partial charge is 0.494 e. The molecule has 38 heavy (non-hydrogen) atoms. The number of rotatable bonds is 10. The number of ether oxygens (including phenoxy) is 2. The van der Waals surface area contributed by atoms with Crippen LogP contribution in [0.3, 0.4) is 0 Å². The van der Waals surface area contributed by atoms with E-state index in [-0.39, 0.29) is 25.0 Å². The van der Waals surface area contributed by atoms with Crippen LogP contribution in [0.5, 0.6) is 11.5 Å². The van der Waals surface area contributed by atoms with Crippen LogP contribution < -0.4 is 9.47 Å². The maximum atomic E-state index is 12.2. The van der Waals surface area contributed by atoms with Gasteiger partial charge in [-0.1, -0.05) is 29.8 Å². The van der Waals surface area contributed by atoms with E-state index in [2.05, 4.69) is 4.90 Å². The maximum Gasteiger partial charge on any atom is 0.222 e. The average Bonchev–Trinajstić information content (AvgIpc) is 3.07. The second-order valence-electron chi connectivity index (χ2n) is 10.7. The Balaban J connectivity index is 1.29. The fourth-order valence-electron chi connectivity index (χ4n) is 5.08. The Morgan fingerprint density at radius 3 is 2.37 bits per heavy atom. The third-order valence-electron chi connectivity index (χ3n) is 7.26. The van der Waals surface area contributed by atoms with Crippen molar-refractivity contribution in [1.82, 2.24) is 14.7 Å². The third kappa shape index (κ3) is 8.20. The Labute approximate surface area is 226 Å². The number of aliphatic hydroxyl groups is 1. The summed E-state index contributed by atoms with van der Waals surface area (Å²) in [6, 6.07) is 15.8. The Hall–Kier alpha value is -3.10. The zero-order chi connectivity index (χ0) is 27.0. The number of amides is 2. The fraction of sp³-hybridized carbons (Fsp3) is 0.533. The van der Waals surface area contributed by atoms with Crippen molar-refractivity contribution in [1.29, 1.82) is 0 Å². The molecule has 0 saturated carbocycles. The SMILES string of the molecule is CC(=O)N1CCN(Cc2ccc(OCCCN3CCCCC3=O)cc2)C[C@](O)(COc2ccc(C)cc2)C1. The van der Waals surface area contributed by atoms with E-state index in [1.54, 1.807) is 11.8 Å². The van der Waals surface area contributed by atoms with Gasteiger partial charge in [-0.15, -0.1) is 0 Å². The number of β-amino-alcohol motifs (C(OH)–C–C–N with tert-alkyl or cyclic N) is 1. The summed E-state index contributed by atoms with van der Waals surface area (Å²) in [5.74, 6) is 1.72. The van der Waals surface area contributed by atoms with E-state index in [9.17, 15) is 14.7 Å². The lowest BCUT2D eigenvalue weighted by atomic mass is 10.0. The number of piperidine rings is 1. The number of aryl methyl sites for hydroxylation is 1. The van der Waals surface area contributed by atoms with Crippen molar-refractivity contribution in [2.75, 3.05) is 52.5 Å². The van der Waals surface area contributed by atoms with Crippen LogP contribution in [0.1, 0.15) is 43.7 Å². The monoisotopic (exact) mass is 523 g/mol. The highest BCUT2D eigenvalue weighted by molar-refractivity contribution is 5.76. The molecule has 2 heterocycles. The number of carbonyl (C=O) groups excluding carboxylic acids is 2. The fourth-order valence-corrected chi connectivity index (χ4v) is 5.08. The summed E-state index contributed by atoms with van der Waals surface area (Å²) in [5, 5.41) is 11.5. The molecule has 1 N–H and O–H groups in total. The van der Waals surface area contributed by atoms with Crippen LogP contribution in [-0.4, -0.2) is 89.7 Å². The smallest absolute Gasteiger partial charge is 0.222 e. The second-order valence-corrected chi connectivity index (χ2v) is 10.7. The van der Waals surface area contributed by atoms with Gasteiger partial charge in [0.2, 0.25) is 11.8 Å². The molecule has 1 atom stereocenters. The van der Waals surface area contributed by atoms with Crippen LogP contribution in [0.4, 0.5) is 0 Å². The summed E-state index contributed by atoms with van der Waals surface area (Å²) in [7, 11) is 0. The van der Waals surface area contributed by atoms with Crippen molar-refractivity contribution in [3.8, 4) is 11.5 Å². The minimum absolute atomic E-state index is 0.0493. The molecule has 0 bridgehead atoms. The van der Waals surface area contributed by atoms with Gasteiger partial charge >= 0.3 is 0 Å². The Bertz CT molecular complexity index is 1060. The highest BCUT2D eigenvalue weighted by atomic mass is 16.5. The highest BCUT2D eigenvalue weighted by Gasteiger charge is 2.36. The lowest BCUT2D eigenvalue weighted by Gasteiger charge is -2.32. The van der Waals surface area contributed by atoms with E-state index in [0.717, 1.165) is 49.2 Å². The molecular formula is C30H41N3O5. The number of benzene rings is 2. The van der Waals surface area contributed by atoms with Gasteiger partial charge in [0.05, 0.1) is 13.2 Å². The summed E-state index contributed by atoms with van der Waals surface area (Å²) >= 11 is 0. The molecule has 8 nitrogen and oxygen atoms in total. The van der Waals surface area contributed by atoms with Crippen LogP contribution in [0.15, 0.2) is 48.5 Å². The van der Waals surface area contributed by atoms with E-state index < -0.39 is 5.60 Å². The van der Waals surface area contributed by atoms with Gasteiger partial charge < -0.3 is 24.4 Å². The summed E-state index contributed by atoms with van der Waals surface area (Å²) in [4.78, 5) is 29.9. The third-order valence-corrected chi connectivity index (χ3v) is 7.26. The van der Waals surface area contributed by atoms with Crippen molar-refractivity contribution in [2.45, 2.75) is 51.7 Å². The molecule has 2 aliphatic heterocycles. The summed E-state index contributed by atoms with van der Waals surface area (Å²) < 4.78 is 11.8. The number of likely N-dealkylation sites (tertiary alicyclic amines) is 1. The van der Waals surface area contributed by atoms with Crippen LogP contribution in [0.25, 0.3) is 0 Å². The molecular weight excluding hydrogens is 482 g/mol. The Kier molecular flexibility index (Phi) is 9.63. The summed E-state index contributed by atoms with van der Waals surface area (Å²) in [5.41, 5.74) is 1.06. The number of hydrogen-bond donors (Lipinski definition) is 1. The number of nitrogens with zero attached hydrogens (tertiary/aromatic N) is 3. The molecule has 2 aliphatic rings. The predicted molar refractivity (Wildman–Crippen MR) is 146 cm³/mol. The van der Waals surface area contributed by atoms with Gasteiger partial charge in [0.1, 0.15) is 23.7 Å². The zero-order valence-electron chi connectivity index (χ0n) is 22.7. The standard InChI is InChI=1S/C30H41N3O5/c1-24-7-11-28(12-8-24)38-23-30(36)21-31(17-18-33(22-30)25(2)34)20-26-9-13-27(14-10-26)37-19-5-16-32-15-4-3-6-29(32)35/h7-14,36H,3-6,15-23H2,1-2H3/t30-/m1/s1. The first-order valence-corrected chi connectivity index (χ1v) is 13.7. The molecule has 2 aromatic rings. The van der Waals surface area contributed by atoms with Crippen LogP contribution >= 0.6 is 0 Å². The van der Waals surface area contributed by atoms with Crippen molar-refractivity contribution in [3.63, 3.8) is 0 Å². The minimum atomic E-state index is -1.19. The summed E-state index contributed by atoms with van der Waals surface area (Å²) in [6.07, 6.45) is 3.58. The second kappa shape index (κ2) is 13.1. The van der Waals surface area contributed by atoms with Crippen LogP contribution in [0, 0.1) is 6.92 Å². The highest BCUT2D eigenvalue weighted by Crippen LogP contribution is 2.21. The van der Waals surface area contributed by atoms with E-state index in [0.29, 0.717) is 45.0 Å². The van der Waals surface area contributed by atoms with Gasteiger partial charge in [0.25, 0.3) is 0 Å². The van der Waals surface area contributed by atoms with E-state index >= 15 is 0 Å². The van der Waals surface area contributed by atoms with Gasteiger partial charge in [-0.25, -0.2) is 0 Å². The average molecular weight is 524 g/mol. The van der Waals surface area contributed by atoms with Crippen molar-refractivity contribution in [3.05, 3.63) is 59.7 Å². The topological polar surface area (TPSA) is 82.6 Å². The summed E-state index contributed by atoms with van der Waals surface area (Å²) in [6.45, 7) is 8.36. The molecule has 2 amide bonds. The number of carbonyl (C=O) groups is 2. The number of hydrogen-bond acceptors (Lipinski definition) is 6. The van der Waals surface area contributed by atoms with Gasteiger partial charge in [0.15, 0.2) is 0 Å². The van der Waals surface area contributed by atoms with Crippen molar-refractivity contribution >= 4 is 11.8 Å². The normalized spacial score (nSPS) is 20.8. The van der Waals surface area contributed by atoms with Gasteiger partial charge in [-0.3, -0.25) is 14.5 Å². The minimum Gasteiger partial charge on any atom is -0.494 e.